The maximum absolute atomic E-state index is 11.2. The summed E-state index contributed by atoms with van der Waals surface area (Å²) >= 11 is 9.65. The molecule has 0 spiro atoms. The number of hydrogen-bond donors (Lipinski definition) is 1. The molecule has 3 rings (SSSR count). The van der Waals surface area contributed by atoms with Gasteiger partial charge in [0.05, 0.1) is 16.1 Å². The van der Waals surface area contributed by atoms with Gasteiger partial charge in [0.1, 0.15) is 12.4 Å². The quantitative estimate of drug-likeness (QED) is 0.756. The van der Waals surface area contributed by atoms with Gasteiger partial charge in [-0.25, -0.2) is 4.98 Å². The largest absolute Gasteiger partial charge is 0.480 e. The van der Waals surface area contributed by atoms with E-state index in [1.54, 1.807) is 10.6 Å². The highest BCUT2D eigenvalue weighted by Gasteiger charge is 2.16. The van der Waals surface area contributed by atoms with Crippen molar-refractivity contribution in [2.75, 3.05) is 0 Å². The van der Waals surface area contributed by atoms with Gasteiger partial charge in [0.15, 0.2) is 0 Å². The van der Waals surface area contributed by atoms with Gasteiger partial charge in [0, 0.05) is 10.0 Å². The van der Waals surface area contributed by atoms with E-state index >= 15 is 0 Å². The smallest absolute Gasteiger partial charge is 0.323 e. The number of aromatic nitrogens is 2. The van der Waals surface area contributed by atoms with Gasteiger partial charge in [-0.3, -0.25) is 4.79 Å². The molecule has 21 heavy (non-hydrogen) atoms. The predicted octanol–water partition coefficient (Wildman–Crippen LogP) is 4.20. The average molecular weight is 366 g/mol. The highest BCUT2D eigenvalue weighted by atomic mass is 79.9. The Balaban J connectivity index is 2.30. The van der Waals surface area contributed by atoms with E-state index in [4.69, 9.17) is 16.7 Å². The monoisotopic (exact) mass is 364 g/mol. The number of aliphatic carboxylic acids is 1. The van der Waals surface area contributed by atoms with E-state index in [0.717, 1.165) is 15.5 Å². The zero-order valence-corrected chi connectivity index (χ0v) is 13.1. The van der Waals surface area contributed by atoms with Crippen molar-refractivity contribution in [3.05, 3.63) is 52.0 Å². The number of para-hydroxylation sites is 2. The van der Waals surface area contributed by atoms with E-state index in [-0.39, 0.29) is 6.54 Å². The molecule has 1 N–H and O–H groups in total. The molecular formula is C15H10BrClN2O2. The number of hydrogen-bond acceptors (Lipinski definition) is 2. The summed E-state index contributed by atoms with van der Waals surface area (Å²) in [6.07, 6.45) is 0. The van der Waals surface area contributed by atoms with E-state index in [1.165, 1.54) is 0 Å². The van der Waals surface area contributed by atoms with Crippen LogP contribution in [0.4, 0.5) is 0 Å². The van der Waals surface area contributed by atoms with Gasteiger partial charge in [-0.1, -0.05) is 39.7 Å². The Bertz CT molecular complexity index is 845. The Kier molecular flexibility index (Phi) is 3.69. The second-order valence-corrected chi connectivity index (χ2v) is 5.85. The molecule has 0 atom stereocenters. The van der Waals surface area contributed by atoms with Gasteiger partial charge in [0.25, 0.3) is 0 Å². The van der Waals surface area contributed by atoms with Gasteiger partial charge in [-0.05, 0) is 30.3 Å². The van der Waals surface area contributed by atoms with Crippen LogP contribution in [0.5, 0.6) is 0 Å². The first kappa shape index (κ1) is 14.1. The van der Waals surface area contributed by atoms with Gasteiger partial charge >= 0.3 is 5.97 Å². The zero-order chi connectivity index (χ0) is 15.0. The molecular weight excluding hydrogens is 356 g/mol. The Morgan fingerprint density at radius 2 is 2.05 bits per heavy atom. The SMILES string of the molecule is O=C(O)Cn1c(-c2cc(Br)ccc2Cl)nc2ccccc21. The van der Waals surface area contributed by atoms with Crippen LogP contribution in [0.25, 0.3) is 22.4 Å². The third-order valence-corrected chi connectivity index (χ3v) is 3.94. The summed E-state index contributed by atoms with van der Waals surface area (Å²) in [6, 6.07) is 12.8. The number of fused-ring (bicyclic) bond motifs is 1. The number of halogens is 2. The van der Waals surface area contributed by atoms with Crippen molar-refractivity contribution in [3.8, 4) is 11.4 Å². The molecule has 106 valence electrons. The van der Waals surface area contributed by atoms with Crippen LogP contribution in [-0.2, 0) is 11.3 Å². The summed E-state index contributed by atoms with van der Waals surface area (Å²) in [6.45, 7) is -0.168. The maximum atomic E-state index is 11.2. The Labute approximate surface area is 134 Å². The third-order valence-electron chi connectivity index (χ3n) is 3.12. The van der Waals surface area contributed by atoms with Crippen molar-refractivity contribution in [2.45, 2.75) is 6.54 Å². The summed E-state index contributed by atoms with van der Waals surface area (Å²) in [7, 11) is 0. The molecule has 0 saturated carbocycles. The molecule has 0 bridgehead atoms. The number of benzene rings is 2. The molecule has 4 nitrogen and oxygen atoms in total. The summed E-state index contributed by atoms with van der Waals surface area (Å²) in [5, 5.41) is 9.68. The normalized spacial score (nSPS) is 11.0. The molecule has 1 heterocycles. The van der Waals surface area contributed by atoms with Gasteiger partial charge < -0.3 is 9.67 Å². The summed E-state index contributed by atoms with van der Waals surface area (Å²) < 4.78 is 2.52. The summed E-state index contributed by atoms with van der Waals surface area (Å²) in [4.78, 5) is 15.7. The van der Waals surface area contributed by atoms with Gasteiger partial charge in [0.2, 0.25) is 0 Å². The molecule has 0 aliphatic heterocycles. The molecule has 0 aliphatic rings. The molecule has 3 aromatic rings. The highest BCUT2D eigenvalue weighted by Crippen LogP contribution is 2.32. The number of carbonyl (C=O) groups is 1. The molecule has 0 saturated heterocycles. The number of carboxylic acid groups (broad SMARTS) is 1. The van der Waals surface area contributed by atoms with Crippen molar-refractivity contribution in [2.24, 2.45) is 0 Å². The maximum Gasteiger partial charge on any atom is 0.323 e. The molecule has 0 fully saturated rings. The number of imidazole rings is 1. The lowest BCUT2D eigenvalue weighted by molar-refractivity contribution is -0.137. The molecule has 6 heteroatoms. The van der Waals surface area contributed by atoms with Gasteiger partial charge in [-0.15, -0.1) is 0 Å². The second-order valence-electron chi connectivity index (χ2n) is 4.53. The van der Waals surface area contributed by atoms with Crippen molar-refractivity contribution in [1.29, 1.82) is 0 Å². The first-order valence-electron chi connectivity index (χ1n) is 6.19. The number of carboxylic acids is 1. The average Bonchev–Trinajstić information content (AvgIpc) is 2.80. The first-order chi connectivity index (χ1) is 10.1. The molecule has 0 aliphatic carbocycles. The second kappa shape index (κ2) is 5.50. The molecule has 0 radical (unpaired) electrons. The van der Waals surface area contributed by atoms with Crippen LogP contribution >= 0.6 is 27.5 Å². The van der Waals surface area contributed by atoms with Crippen molar-refractivity contribution >= 4 is 44.5 Å². The van der Waals surface area contributed by atoms with E-state index < -0.39 is 5.97 Å². The number of nitrogens with zero attached hydrogens (tertiary/aromatic N) is 2. The fraction of sp³-hybridized carbons (Fsp3) is 0.0667. The minimum absolute atomic E-state index is 0.168. The highest BCUT2D eigenvalue weighted by molar-refractivity contribution is 9.10. The standard InChI is InChI=1S/C15H10BrClN2O2/c16-9-5-6-11(17)10(7-9)15-18-12-3-1-2-4-13(12)19(15)8-14(20)21/h1-7H,8H2,(H,20,21). The lowest BCUT2D eigenvalue weighted by atomic mass is 10.2. The zero-order valence-electron chi connectivity index (χ0n) is 10.8. The van der Waals surface area contributed by atoms with Crippen molar-refractivity contribution in [3.63, 3.8) is 0 Å². The Morgan fingerprint density at radius 3 is 2.81 bits per heavy atom. The minimum atomic E-state index is -0.925. The van der Waals surface area contributed by atoms with Crippen LogP contribution in [0, 0.1) is 0 Å². The molecule has 2 aromatic carbocycles. The molecule has 1 aromatic heterocycles. The van der Waals surface area contributed by atoms with E-state index in [1.807, 2.05) is 36.4 Å². The number of rotatable bonds is 3. The predicted molar refractivity (Wildman–Crippen MR) is 85.5 cm³/mol. The Hall–Kier alpha value is -1.85. The van der Waals surface area contributed by atoms with Crippen LogP contribution in [0.2, 0.25) is 5.02 Å². The summed E-state index contributed by atoms with van der Waals surface area (Å²) in [5.41, 5.74) is 2.21. The minimum Gasteiger partial charge on any atom is -0.480 e. The van der Waals surface area contributed by atoms with Crippen LogP contribution in [0.1, 0.15) is 0 Å². The van der Waals surface area contributed by atoms with Crippen molar-refractivity contribution in [1.82, 2.24) is 9.55 Å². The molecule has 0 amide bonds. The summed E-state index contributed by atoms with van der Waals surface area (Å²) in [5.74, 6) is -0.379. The van der Waals surface area contributed by atoms with Crippen LogP contribution in [-0.4, -0.2) is 20.6 Å². The van der Waals surface area contributed by atoms with E-state index in [9.17, 15) is 4.79 Å². The van der Waals surface area contributed by atoms with E-state index in [2.05, 4.69) is 20.9 Å². The van der Waals surface area contributed by atoms with Crippen LogP contribution < -0.4 is 0 Å². The van der Waals surface area contributed by atoms with Crippen LogP contribution in [0.3, 0.4) is 0 Å². The Morgan fingerprint density at radius 1 is 1.29 bits per heavy atom. The van der Waals surface area contributed by atoms with Crippen molar-refractivity contribution < 1.29 is 9.90 Å². The topological polar surface area (TPSA) is 55.1 Å². The van der Waals surface area contributed by atoms with Gasteiger partial charge in [-0.2, -0.15) is 0 Å². The first-order valence-corrected chi connectivity index (χ1v) is 7.36. The third kappa shape index (κ3) is 2.66. The van der Waals surface area contributed by atoms with E-state index in [0.29, 0.717) is 16.4 Å². The lowest BCUT2D eigenvalue weighted by Gasteiger charge is -2.08. The fourth-order valence-corrected chi connectivity index (χ4v) is 2.81. The lowest BCUT2D eigenvalue weighted by Crippen LogP contribution is -2.10. The molecule has 0 unspecified atom stereocenters. The fourth-order valence-electron chi connectivity index (χ4n) is 2.25. The van der Waals surface area contributed by atoms with Crippen LogP contribution in [0.15, 0.2) is 46.9 Å².